The second kappa shape index (κ2) is 8.06. The molecule has 4 rings (SSSR count). The lowest BCUT2D eigenvalue weighted by Crippen LogP contribution is -2.21. The van der Waals surface area contributed by atoms with Gasteiger partial charge in [0.2, 0.25) is 0 Å². The smallest absolute Gasteiger partial charge is 0.271 e. The predicted octanol–water partition coefficient (Wildman–Crippen LogP) is 4.89. The van der Waals surface area contributed by atoms with Gasteiger partial charge in [-0.05, 0) is 60.5 Å². The topological polar surface area (TPSA) is 90.0 Å². The summed E-state index contributed by atoms with van der Waals surface area (Å²) in [6, 6.07) is 25.4. The third-order valence-electron chi connectivity index (χ3n) is 4.56. The van der Waals surface area contributed by atoms with Crippen molar-refractivity contribution in [3.8, 4) is 28.1 Å². The number of benzene rings is 3. The molecule has 8 heteroatoms. The van der Waals surface area contributed by atoms with Gasteiger partial charge in [-0.3, -0.25) is 4.72 Å². The average molecular weight is 483 g/mol. The minimum absolute atomic E-state index is 0.394. The standard InChI is InChI=1S/C22H19BrN4O2S/c1-15-14-22(18-4-2-16(3-5-18)17-6-8-19(23)9-7-17)27(25-15)21-12-10-20(11-13-21)26-30(24,28)29/h2-14,26H,1H3,(H2,24,28,29). The molecule has 152 valence electrons. The van der Waals surface area contributed by atoms with E-state index in [0.717, 1.165) is 38.2 Å². The molecule has 3 aromatic carbocycles. The highest BCUT2D eigenvalue weighted by molar-refractivity contribution is 9.10. The first-order chi connectivity index (χ1) is 14.3. The summed E-state index contributed by atoms with van der Waals surface area (Å²) in [5, 5.41) is 9.62. The Labute approximate surface area is 183 Å². The molecule has 0 atom stereocenters. The van der Waals surface area contributed by atoms with E-state index >= 15 is 0 Å². The summed E-state index contributed by atoms with van der Waals surface area (Å²) >= 11 is 3.46. The molecule has 0 fully saturated rings. The van der Waals surface area contributed by atoms with Crippen LogP contribution >= 0.6 is 15.9 Å². The van der Waals surface area contributed by atoms with Crippen molar-refractivity contribution in [3.63, 3.8) is 0 Å². The van der Waals surface area contributed by atoms with E-state index in [1.165, 1.54) is 0 Å². The van der Waals surface area contributed by atoms with Crippen molar-refractivity contribution < 1.29 is 8.42 Å². The molecule has 0 saturated carbocycles. The average Bonchev–Trinajstić information content (AvgIpc) is 3.10. The number of nitrogens with two attached hydrogens (primary N) is 1. The maximum Gasteiger partial charge on any atom is 0.296 e. The van der Waals surface area contributed by atoms with E-state index < -0.39 is 10.2 Å². The molecule has 0 spiro atoms. The highest BCUT2D eigenvalue weighted by Crippen LogP contribution is 2.28. The molecule has 30 heavy (non-hydrogen) atoms. The van der Waals surface area contributed by atoms with Gasteiger partial charge >= 0.3 is 0 Å². The van der Waals surface area contributed by atoms with E-state index in [2.05, 4.69) is 62.1 Å². The first-order valence-corrected chi connectivity index (χ1v) is 11.5. The van der Waals surface area contributed by atoms with Crippen molar-refractivity contribution in [1.82, 2.24) is 9.78 Å². The van der Waals surface area contributed by atoms with E-state index in [1.807, 2.05) is 29.8 Å². The normalized spacial score (nSPS) is 11.4. The quantitative estimate of drug-likeness (QED) is 0.424. The van der Waals surface area contributed by atoms with Crippen molar-refractivity contribution in [1.29, 1.82) is 0 Å². The van der Waals surface area contributed by atoms with E-state index in [4.69, 9.17) is 5.14 Å². The maximum absolute atomic E-state index is 11.2. The summed E-state index contributed by atoms with van der Waals surface area (Å²) in [7, 11) is -3.81. The van der Waals surface area contributed by atoms with Crippen LogP contribution in [0.4, 0.5) is 5.69 Å². The van der Waals surface area contributed by atoms with Crippen LogP contribution in [0, 0.1) is 6.92 Å². The largest absolute Gasteiger partial charge is 0.296 e. The van der Waals surface area contributed by atoms with Gasteiger partial charge in [-0.2, -0.15) is 13.5 Å². The van der Waals surface area contributed by atoms with Crippen molar-refractivity contribution >= 4 is 31.8 Å². The summed E-state index contributed by atoms with van der Waals surface area (Å²) in [6.45, 7) is 1.94. The molecule has 3 N–H and O–H groups in total. The minimum Gasteiger partial charge on any atom is -0.271 e. The third kappa shape index (κ3) is 4.62. The SMILES string of the molecule is Cc1cc(-c2ccc(-c3ccc(Br)cc3)cc2)n(-c2ccc(NS(N)(=O)=O)cc2)n1. The molecular weight excluding hydrogens is 464 g/mol. The number of aryl methyl sites for hydroxylation is 1. The summed E-state index contributed by atoms with van der Waals surface area (Å²) in [5.74, 6) is 0. The maximum atomic E-state index is 11.2. The Morgan fingerprint density at radius 2 is 1.40 bits per heavy atom. The van der Waals surface area contributed by atoms with E-state index in [-0.39, 0.29) is 0 Å². The lowest BCUT2D eigenvalue weighted by molar-refractivity contribution is 0.603. The van der Waals surface area contributed by atoms with Gasteiger partial charge in [-0.1, -0.05) is 52.3 Å². The van der Waals surface area contributed by atoms with Gasteiger partial charge in [-0.15, -0.1) is 0 Å². The lowest BCUT2D eigenvalue weighted by Gasteiger charge is -2.10. The van der Waals surface area contributed by atoms with Crippen LogP contribution in [-0.2, 0) is 10.2 Å². The zero-order valence-electron chi connectivity index (χ0n) is 16.1. The predicted molar refractivity (Wildman–Crippen MR) is 124 cm³/mol. The van der Waals surface area contributed by atoms with Crippen LogP contribution in [-0.4, -0.2) is 18.2 Å². The molecule has 1 aromatic heterocycles. The van der Waals surface area contributed by atoms with Gasteiger partial charge in [0.25, 0.3) is 10.2 Å². The fraction of sp³-hybridized carbons (Fsp3) is 0.0455. The lowest BCUT2D eigenvalue weighted by atomic mass is 10.0. The summed E-state index contributed by atoms with van der Waals surface area (Å²) < 4.78 is 27.5. The van der Waals surface area contributed by atoms with Gasteiger partial charge < -0.3 is 0 Å². The Morgan fingerprint density at radius 1 is 0.867 bits per heavy atom. The summed E-state index contributed by atoms with van der Waals surface area (Å²) in [5.41, 5.74) is 6.35. The molecule has 0 unspecified atom stereocenters. The van der Waals surface area contributed by atoms with E-state index in [1.54, 1.807) is 24.3 Å². The number of aromatic nitrogens is 2. The van der Waals surface area contributed by atoms with Crippen LogP contribution in [0.5, 0.6) is 0 Å². The number of anilines is 1. The van der Waals surface area contributed by atoms with Crippen LogP contribution in [0.15, 0.2) is 83.3 Å². The van der Waals surface area contributed by atoms with Gasteiger partial charge in [-0.25, -0.2) is 9.82 Å². The van der Waals surface area contributed by atoms with Crippen molar-refractivity contribution in [2.24, 2.45) is 5.14 Å². The molecule has 0 radical (unpaired) electrons. The molecule has 0 amide bonds. The Hall–Kier alpha value is -2.94. The zero-order chi connectivity index (χ0) is 21.3. The van der Waals surface area contributed by atoms with Crippen LogP contribution in [0.3, 0.4) is 0 Å². The molecule has 4 aromatic rings. The first kappa shape index (κ1) is 20.3. The van der Waals surface area contributed by atoms with Gasteiger partial charge in [0.15, 0.2) is 0 Å². The number of hydrogen-bond donors (Lipinski definition) is 2. The van der Waals surface area contributed by atoms with Gasteiger partial charge in [0, 0.05) is 15.7 Å². The molecule has 0 aliphatic heterocycles. The minimum atomic E-state index is -3.81. The van der Waals surface area contributed by atoms with Gasteiger partial charge in [0.1, 0.15) is 0 Å². The fourth-order valence-corrected chi connectivity index (χ4v) is 3.94. The zero-order valence-corrected chi connectivity index (χ0v) is 18.5. The first-order valence-electron chi connectivity index (χ1n) is 9.12. The van der Waals surface area contributed by atoms with E-state index in [9.17, 15) is 8.42 Å². The number of rotatable bonds is 5. The Kier molecular flexibility index (Phi) is 5.46. The second-order valence-corrected chi connectivity index (χ2v) is 9.07. The molecule has 0 bridgehead atoms. The van der Waals surface area contributed by atoms with E-state index in [0.29, 0.717) is 5.69 Å². The molecule has 6 nitrogen and oxygen atoms in total. The summed E-state index contributed by atoms with van der Waals surface area (Å²) in [4.78, 5) is 0. The Balaban J connectivity index is 1.65. The van der Waals surface area contributed by atoms with Crippen molar-refractivity contribution in [2.75, 3.05) is 4.72 Å². The molecule has 0 aliphatic carbocycles. The monoisotopic (exact) mass is 482 g/mol. The van der Waals surface area contributed by atoms with Crippen molar-refractivity contribution in [2.45, 2.75) is 6.92 Å². The Bertz CT molecular complexity index is 1280. The number of nitrogens with one attached hydrogen (secondary N) is 1. The van der Waals surface area contributed by atoms with Crippen LogP contribution < -0.4 is 9.86 Å². The molecule has 0 saturated heterocycles. The third-order valence-corrected chi connectivity index (χ3v) is 5.61. The fourth-order valence-electron chi connectivity index (χ4n) is 3.21. The van der Waals surface area contributed by atoms with Gasteiger partial charge in [0.05, 0.1) is 17.1 Å². The highest BCUT2D eigenvalue weighted by atomic mass is 79.9. The Morgan fingerprint density at radius 3 is 1.97 bits per heavy atom. The molecule has 0 aliphatic rings. The summed E-state index contributed by atoms with van der Waals surface area (Å²) in [6.07, 6.45) is 0. The van der Waals surface area contributed by atoms with Crippen LogP contribution in [0.25, 0.3) is 28.1 Å². The molecular formula is C22H19BrN4O2S. The number of halogens is 1. The number of nitrogens with zero attached hydrogens (tertiary/aromatic N) is 2. The van der Waals surface area contributed by atoms with Crippen LogP contribution in [0.2, 0.25) is 0 Å². The second-order valence-electron chi connectivity index (χ2n) is 6.86. The highest BCUT2D eigenvalue weighted by Gasteiger charge is 2.11. The van der Waals surface area contributed by atoms with Crippen molar-refractivity contribution in [3.05, 3.63) is 89.0 Å². The number of hydrogen-bond acceptors (Lipinski definition) is 3. The van der Waals surface area contributed by atoms with Crippen LogP contribution in [0.1, 0.15) is 5.69 Å². The molecule has 1 heterocycles.